The van der Waals surface area contributed by atoms with E-state index in [1.807, 2.05) is 0 Å². The average Bonchev–Trinajstić information content (AvgIpc) is 2.55. The van der Waals surface area contributed by atoms with Crippen LogP contribution in [0.3, 0.4) is 0 Å². The molecule has 0 aliphatic carbocycles. The molecule has 6 nitrogen and oxygen atoms in total. The highest BCUT2D eigenvalue weighted by atomic mass is 35.5. The Morgan fingerprint density at radius 1 is 1.17 bits per heavy atom. The van der Waals surface area contributed by atoms with Crippen LogP contribution in [0.2, 0.25) is 5.02 Å². The van der Waals surface area contributed by atoms with E-state index >= 15 is 0 Å². The van der Waals surface area contributed by atoms with Crippen molar-refractivity contribution >= 4 is 29.2 Å². The molecule has 2 aromatic carbocycles. The summed E-state index contributed by atoms with van der Waals surface area (Å²) in [4.78, 5) is 22.8. The number of aliphatic carboxylic acids is 1. The van der Waals surface area contributed by atoms with Gasteiger partial charge in [0.1, 0.15) is 17.6 Å². The van der Waals surface area contributed by atoms with Gasteiger partial charge in [0.25, 0.3) is 5.91 Å². The number of carbonyl (C=O) groups excluding carboxylic acids is 2. The quantitative estimate of drug-likeness (QED) is 0.863. The monoisotopic (exact) mass is 348 g/mol. The van der Waals surface area contributed by atoms with Gasteiger partial charge in [0.05, 0.1) is 18.1 Å². The van der Waals surface area contributed by atoms with Crippen molar-refractivity contribution in [3.63, 3.8) is 0 Å². The topological polar surface area (TPSA) is 87.7 Å². The Morgan fingerprint density at radius 3 is 2.38 bits per heavy atom. The molecule has 1 atom stereocenters. The summed E-state index contributed by atoms with van der Waals surface area (Å²) in [6, 6.07) is 11.0. The zero-order valence-electron chi connectivity index (χ0n) is 13.0. The predicted molar refractivity (Wildman–Crippen MR) is 87.5 cm³/mol. The first-order chi connectivity index (χ1) is 11.4. The molecule has 1 N–H and O–H groups in total. The number of ether oxygens (including phenoxy) is 2. The fourth-order valence-electron chi connectivity index (χ4n) is 1.88. The normalized spacial score (nSPS) is 11.5. The molecule has 7 heteroatoms. The lowest BCUT2D eigenvalue weighted by molar-refractivity contribution is -0.312. The van der Waals surface area contributed by atoms with Crippen molar-refractivity contribution in [2.75, 3.05) is 12.4 Å². The van der Waals surface area contributed by atoms with Crippen LogP contribution >= 0.6 is 11.6 Å². The van der Waals surface area contributed by atoms with Gasteiger partial charge >= 0.3 is 0 Å². The highest BCUT2D eigenvalue weighted by Gasteiger charge is 2.10. The number of nitrogens with one attached hydrogen (secondary N) is 1. The lowest BCUT2D eigenvalue weighted by atomic mass is 10.2. The number of carboxylic acids is 1. The van der Waals surface area contributed by atoms with Crippen LogP contribution < -0.4 is 19.9 Å². The molecule has 0 saturated carbocycles. The number of benzene rings is 2. The molecular weight excluding hydrogens is 334 g/mol. The maximum atomic E-state index is 12.2. The Hall–Kier alpha value is -2.73. The van der Waals surface area contributed by atoms with E-state index in [0.29, 0.717) is 27.8 Å². The minimum atomic E-state index is -1.31. The van der Waals surface area contributed by atoms with Gasteiger partial charge in [0.15, 0.2) is 0 Å². The summed E-state index contributed by atoms with van der Waals surface area (Å²) in [6.45, 7) is 1.36. The first-order valence-electron chi connectivity index (χ1n) is 7.03. The minimum absolute atomic E-state index is 0.329. The van der Waals surface area contributed by atoms with E-state index in [1.54, 1.807) is 18.2 Å². The number of rotatable bonds is 6. The number of hydrogen-bond donors (Lipinski definition) is 1. The third kappa shape index (κ3) is 4.39. The van der Waals surface area contributed by atoms with Gasteiger partial charge in [-0.25, -0.2) is 0 Å². The summed E-state index contributed by atoms with van der Waals surface area (Å²) >= 11 is 6.01. The van der Waals surface area contributed by atoms with Gasteiger partial charge in [-0.1, -0.05) is 11.6 Å². The smallest absolute Gasteiger partial charge is 0.255 e. The Balaban J connectivity index is 2.05. The van der Waals surface area contributed by atoms with E-state index in [4.69, 9.17) is 21.1 Å². The first kappa shape index (κ1) is 17.6. The third-order valence-corrected chi connectivity index (χ3v) is 3.47. The molecule has 0 aromatic heterocycles. The second-order valence-electron chi connectivity index (χ2n) is 4.91. The predicted octanol–water partition coefficient (Wildman–Crippen LogP) is 2.12. The molecule has 0 aliphatic heterocycles. The standard InChI is InChI=1S/C17H16ClNO5/c1-10(17(21)22)24-13-6-3-11(4-7-13)16(20)19-12-5-8-15(23-2)14(18)9-12/h3-10H,1-2H3,(H,19,20)(H,21,22)/p-1. The van der Waals surface area contributed by atoms with Crippen molar-refractivity contribution in [2.45, 2.75) is 13.0 Å². The van der Waals surface area contributed by atoms with Gasteiger partial charge in [0, 0.05) is 11.3 Å². The Bertz CT molecular complexity index is 745. The largest absolute Gasteiger partial charge is 0.546 e. The van der Waals surface area contributed by atoms with Crippen LogP contribution in [-0.2, 0) is 4.79 Å². The van der Waals surface area contributed by atoms with Crippen LogP contribution in [0.5, 0.6) is 11.5 Å². The van der Waals surface area contributed by atoms with Crippen LogP contribution in [0.4, 0.5) is 5.69 Å². The van der Waals surface area contributed by atoms with Gasteiger partial charge in [-0.05, 0) is 49.4 Å². The van der Waals surface area contributed by atoms with E-state index in [-0.39, 0.29) is 5.91 Å². The maximum Gasteiger partial charge on any atom is 0.255 e. The lowest BCUT2D eigenvalue weighted by Gasteiger charge is -2.15. The molecule has 0 spiro atoms. The fraction of sp³-hybridized carbons (Fsp3) is 0.176. The molecule has 2 aromatic rings. The zero-order chi connectivity index (χ0) is 17.7. The fourth-order valence-corrected chi connectivity index (χ4v) is 2.14. The van der Waals surface area contributed by atoms with Crippen LogP contribution in [0.1, 0.15) is 17.3 Å². The van der Waals surface area contributed by atoms with Gasteiger partial charge < -0.3 is 24.7 Å². The Morgan fingerprint density at radius 2 is 1.83 bits per heavy atom. The van der Waals surface area contributed by atoms with Crippen LogP contribution in [-0.4, -0.2) is 25.1 Å². The zero-order valence-corrected chi connectivity index (χ0v) is 13.8. The van der Waals surface area contributed by atoms with Crippen LogP contribution in [0, 0.1) is 0 Å². The summed E-state index contributed by atoms with van der Waals surface area (Å²) in [5, 5.41) is 13.7. The van der Waals surface area contributed by atoms with E-state index < -0.39 is 12.1 Å². The van der Waals surface area contributed by atoms with Crippen LogP contribution in [0.15, 0.2) is 42.5 Å². The molecule has 0 saturated heterocycles. The third-order valence-electron chi connectivity index (χ3n) is 3.17. The van der Waals surface area contributed by atoms with E-state index in [9.17, 15) is 14.7 Å². The summed E-state index contributed by atoms with van der Waals surface area (Å²) in [6.07, 6.45) is -1.08. The maximum absolute atomic E-state index is 12.2. The summed E-state index contributed by atoms with van der Waals surface area (Å²) in [5.74, 6) is -0.808. The molecule has 0 heterocycles. The summed E-state index contributed by atoms with van der Waals surface area (Å²) in [7, 11) is 1.50. The number of hydrogen-bond acceptors (Lipinski definition) is 5. The van der Waals surface area contributed by atoms with E-state index in [0.717, 1.165) is 0 Å². The van der Waals surface area contributed by atoms with Crippen molar-refractivity contribution in [1.82, 2.24) is 0 Å². The van der Waals surface area contributed by atoms with Gasteiger partial charge in [-0.15, -0.1) is 0 Å². The molecule has 24 heavy (non-hydrogen) atoms. The van der Waals surface area contributed by atoms with Gasteiger partial charge in [0.2, 0.25) is 0 Å². The van der Waals surface area contributed by atoms with Crippen LogP contribution in [0.25, 0.3) is 0 Å². The molecule has 1 unspecified atom stereocenters. The SMILES string of the molecule is COc1ccc(NC(=O)c2ccc(OC(C)C(=O)[O-])cc2)cc1Cl. The molecule has 1 amide bonds. The molecule has 0 fully saturated rings. The highest BCUT2D eigenvalue weighted by Crippen LogP contribution is 2.27. The molecule has 2 rings (SSSR count). The first-order valence-corrected chi connectivity index (χ1v) is 7.41. The average molecular weight is 349 g/mol. The summed E-state index contributed by atoms with van der Waals surface area (Å²) in [5.41, 5.74) is 0.909. The van der Waals surface area contributed by atoms with Gasteiger partial charge in [-0.3, -0.25) is 4.79 Å². The van der Waals surface area contributed by atoms with Crippen molar-refractivity contribution in [1.29, 1.82) is 0 Å². The number of methoxy groups -OCH3 is 1. The second kappa shape index (κ2) is 7.70. The number of halogens is 1. The Kier molecular flexibility index (Phi) is 5.65. The number of carbonyl (C=O) groups is 2. The number of amides is 1. The molecule has 0 aliphatic rings. The van der Waals surface area contributed by atoms with E-state index in [1.165, 1.54) is 38.3 Å². The van der Waals surface area contributed by atoms with Gasteiger partial charge in [-0.2, -0.15) is 0 Å². The summed E-state index contributed by atoms with van der Waals surface area (Å²) < 4.78 is 10.2. The minimum Gasteiger partial charge on any atom is -0.546 e. The van der Waals surface area contributed by atoms with E-state index in [2.05, 4.69) is 5.32 Å². The highest BCUT2D eigenvalue weighted by molar-refractivity contribution is 6.32. The van der Waals surface area contributed by atoms with Crippen molar-refractivity contribution in [3.8, 4) is 11.5 Å². The molecular formula is C17H15ClNO5-. The van der Waals surface area contributed by atoms with Crippen molar-refractivity contribution in [3.05, 3.63) is 53.1 Å². The molecule has 0 radical (unpaired) electrons. The number of carboxylic acid groups (broad SMARTS) is 1. The van der Waals surface area contributed by atoms with Crippen molar-refractivity contribution < 1.29 is 24.2 Å². The molecule has 126 valence electrons. The second-order valence-corrected chi connectivity index (χ2v) is 5.31. The molecule has 0 bridgehead atoms. The number of anilines is 1. The van der Waals surface area contributed by atoms with Crippen molar-refractivity contribution in [2.24, 2.45) is 0 Å². The lowest BCUT2D eigenvalue weighted by Crippen LogP contribution is -2.37. The Labute approximate surface area is 144 Å².